The van der Waals surface area contributed by atoms with E-state index < -0.39 is 30.1 Å². The number of benzene rings is 2. The van der Waals surface area contributed by atoms with Gasteiger partial charge >= 0.3 is 11.9 Å². The summed E-state index contributed by atoms with van der Waals surface area (Å²) in [5, 5.41) is 29.4. The monoisotopic (exact) mass is 552 g/mol. The highest BCUT2D eigenvalue weighted by molar-refractivity contribution is 6.30. The Balaban J connectivity index is 1.81. The number of hydrogen-bond donors (Lipinski definition) is 2. The standard InChI is InChI=1S/C24H24ClF3N6O4/c1-23(2,37)21-29-19(30-34(21)16-6-4-5-7-17(16)38-3)13-33-22(36)32(12-18(35)24(26,27)28)20(31-33)14-8-10-15(25)11-9-14/h4-11,18,35,37H,12-13H2,1-3H3. The summed E-state index contributed by atoms with van der Waals surface area (Å²) in [5.74, 6) is 0.526. The van der Waals surface area contributed by atoms with E-state index in [-0.39, 0.29) is 24.0 Å². The summed E-state index contributed by atoms with van der Waals surface area (Å²) in [6.45, 7) is 1.60. The Bertz CT molecular complexity index is 1490. The molecule has 38 heavy (non-hydrogen) atoms. The Morgan fingerprint density at radius 2 is 1.74 bits per heavy atom. The molecule has 202 valence electrons. The zero-order valence-corrected chi connectivity index (χ0v) is 21.3. The lowest BCUT2D eigenvalue weighted by atomic mass is 10.1. The summed E-state index contributed by atoms with van der Waals surface area (Å²) in [5.41, 5.74) is -1.60. The zero-order valence-electron chi connectivity index (χ0n) is 20.5. The Morgan fingerprint density at radius 3 is 2.34 bits per heavy atom. The van der Waals surface area contributed by atoms with E-state index >= 15 is 0 Å². The van der Waals surface area contributed by atoms with E-state index in [0.29, 0.717) is 22.0 Å². The van der Waals surface area contributed by atoms with Crippen LogP contribution in [0.4, 0.5) is 13.2 Å². The van der Waals surface area contributed by atoms with Crippen molar-refractivity contribution in [2.75, 3.05) is 7.11 Å². The molecule has 10 nitrogen and oxygen atoms in total. The van der Waals surface area contributed by atoms with Crippen LogP contribution in [0, 0.1) is 0 Å². The number of aromatic nitrogens is 6. The van der Waals surface area contributed by atoms with Crippen molar-refractivity contribution < 1.29 is 28.1 Å². The maximum absolute atomic E-state index is 13.2. The third kappa shape index (κ3) is 5.59. The fourth-order valence-electron chi connectivity index (χ4n) is 3.72. The average molecular weight is 553 g/mol. The molecular weight excluding hydrogens is 529 g/mol. The lowest BCUT2D eigenvalue weighted by Gasteiger charge is -2.18. The number of aliphatic hydroxyl groups excluding tert-OH is 1. The van der Waals surface area contributed by atoms with Crippen LogP contribution in [0.25, 0.3) is 17.1 Å². The minimum atomic E-state index is -4.95. The van der Waals surface area contributed by atoms with Gasteiger partial charge in [-0.1, -0.05) is 23.7 Å². The van der Waals surface area contributed by atoms with Crippen LogP contribution < -0.4 is 10.4 Å². The van der Waals surface area contributed by atoms with Crippen LogP contribution in [0.1, 0.15) is 25.5 Å². The summed E-state index contributed by atoms with van der Waals surface area (Å²) in [7, 11) is 1.47. The van der Waals surface area contributed by atoms with E-state index in [9.17, 15) is 28.2 Å². The van der Waals surface area contributed by atoms with Crippen molar-refractivity contribution >= 4 is 11.6 Å². The molecule has 4 rings (SSSR count). The van der Waals surface area contributed by atoms with E-state index in [2.05, 4.69) is 15.2 Å². The molecule has 2 aromatic carbocycles. The number of rotatable bonds is 8. The van der Waals surface area contributed by atoms with Gasteiger partial charge in [-0.05, 0) is 50.2 Å². The molecular formula is C24H24ClF3N6O4. The van der Waals surface area contributed by atoms with Gasteiger partial charge in [-0.25, -0.2) is 19.1 Å². The molecule has 0 fully saturated rings. The fourth-order valence-corrected chi connectivity index (χ4v) is 3.85. The first-order valence-corrected chi connectivity index (χ1v) is 11.7. The van der Waals surface area contributed by atoms with Crippen molar-refractivity contribution in [2.45, 2.75) is 44.8 Å². The van der Waals surface area contributed by atoms with Gasteiger partial charge < -0.3 is 14.9 Å². The summed E-state index contributed by atoms with van der Waals surface area (Å²) < 4.78 is 47.7. The van der Waals surface area contributed by atoms with E-state index in [1.807, 2.05) is 0 Å². The maximum atomic E-state index is 13.2. The molecule has 0 spiro atoms. The van der Waals surface area contributed by atoms with Gasteiger partial charge in [0.15, 0.2) is 23.6 Å². The Hall–Kier alpha value is -3.68. The third-order valence-electron chi connectivity index (χ3n) is 5.56. The molecule has 1 atom stereocenters. The highest BCUT2D eigenvalue weighted by atomic mass is 35.5. The van der Waals surface area contributed by atoms with Gasteiger partial charge in [0, 0.05) is 10.6 Å². The zero-order chi connectivity index (χ0) is 27.8. The molecule has 0 aliphatic heterocycles. The van der Waals surface area contributed by atoms with Crippen LogP contribution in [-0.2, 0) is 18.7 Å². The highest BCUT2D eigenvalue weighted by Gasteiger charge is 2.39. The van der Waals surface area contributed by atoms with Gasteiger partial charge in [0.2, 0.25) is 0 Å². The summed E-state index contributed by atoms with van der Waals surface area (Å²) in [4.78, 5) is 17.6. The van der Waals surface area contributed by atoms with Gasteiger partial charge in [-0.2, -0.15) is 13.2 Å². The Labute approximate surface area is 219 Å². The highest BCUT2D eigenvalue weighted by Crippen LogP contribution is 2.28. The average Bonchev–Trinajstić information content (AvgIpc) is 3.41. The van der Waals surface area contributed by atoms with Crippen LogP contribution in [-0.4, -0.2) is 58.7 Å². The molecule has 2 aromatic heterocycles. The van der Waals surface area contributed by atoms with Crippen molar-refractivity contribution in [3.63, 3.8) is 0 Å². The molecule has 2 heterocycles. The van der Waals surface area contributed by atoms with Crippen LogP contribution in [0.5, 0.6) is 5.75 Å². The van der Waals surface area contributed by atoms with Gasteiger partial charge in [0.05, 0.1) is 13.7 Å². The molecule has 0 amide bonds. The van der Waals surface area contributed by atoms with Crippen LogP contribution >= 0.6 is 11.6 Å². The molecule has 0 aliphatic carbocycles. The van der Waals surface area contributed by atoms with Crippen molar-refractivity contribution in [1.82, 2.24) is 29.1 Å². The first-order chi connectivity index (χ1) is 17.8. The summed E-state index contributed by atoms with van der Waals surface area (Å²) in [6, 6.07) is 12.9. The SMILES string of the molecule is COc1ccccc1-n1nc(Cn2nc(-c3ccc(Cl)cc3)n(CC(O)C(F)(F)F)c2=O)nc1C(C)(C)O. The number of nitrogens with zero attached hydrogens (tertiary/aromatic N) is 6. The normalized spacial score (nSPS) is 13.1. The summed E-state index contributed by atoms with van der Waals surface area (Å²) in [6.07, 6.45) is -7.75. The van der Waals surface area contributed by atoms with Crippen LogP contribution in [0.3, 0.4) is 0 Å². The molecule has 0 saturated heterocycles. The third-order valence-corrected chi connectivity index (χ3v) is 5.81. The minimum absolute atomic E-state index is 0.0545. The number of halogens is 4. The molecule has 14 heteroatoms. The smallest absolute Gasteiger partial charge is 0.416 e. The molecule has 2 N–H and O–H groups in total. The predicted octanol–water partition coefficient (Wildman–Crippen LogP) is 3.15. The van der Waals surface area contributed by atoms with E-state index in [0.717, 1.165) is 9.25 Å². The lowest BCUT2D eigenvalue weighted by Crippen LogP contribution is -2.37. The molecule has 0 bridgehead atoms. The lowest BCUT2D eigenvalue weighted by molar-refractivity contribution is -0.207. The second-order valence-electron chi connectivity index (χ2n) is 8.93. The molecule has 0 aliphatic rings. The van der Waals surface area contributed by atoms with Crippen LogP contribution in [0.2, 0.25) is 5.02 Å². The van der Waals surface area contributed by atoms with Crippen molar-refractivity contribution in [3.05, 3.63) is 75.7 Å². The number of ether oxygens (including phenoxy) is 1. The van der Waals surface area contributed by atoms with E-state index in [4.69, 9.17) is 16.3 Å². The number of para-hydroxylation sites is 2. The number of methoxy groups -OCH3 is 1. The van der Waals surface area contributed by atoms with Gasteiger partial charge in [0.1, 0.15) is 23.6 Å². The van der Waals surface area contributed by atoms with E-state index in [1.54, 1.807) is 24.3 Å². The first-order valence-electron chi connectivity index (χ1n) is 11.3. The number of aliphatic hydroxyl groups is 2. The van der Waals surface area contributed by atoms with Crippen molar-refractivity contribution in [2.24, 2.45) is 0 Å². The fraction of sp³-hybridized carbons (Fsp3) is 0.333. The quantitative estimate of drug-likeness (QED) is 0.344. The van der Waals surface area contributed by atoms with Gasteiger partial charge in [-0.3, -0.25) is 4.57 Å². The van der Waals surface area contributed by atoms with Gasteiger partial charge in [0.25, 0.3) is 0 Å². The van der Waals surface area contributed by atoms with Crippen molar-refractivity contribution in [3.8, 4) is 22.8 Å². The molecule has 1 unspecified atom stereocenters. The van der Waals surface area contributed by atoms with Crippen LogP contribution in [0.15, 0.2) is 53.3 Å². The Kier molecular flexibility index (Phi) is 7.37. The predicted molar refractivity (Wildman–Crippen MR) is 131 cm³/mol. The minimum Gasteiger partial charge on any atom is -0.494 e. The topological polar surface area (TPSA) is 120 Å². The summed E-state index contributed by atoms with van der Waals surface area (Å²) >= 11 is 5.92. The Morgan fingerprint density at radius 1 is 1.08 bits per heavy atom. The van der Waals surface area contributed by atoms with Gasteiger partial charge in [-0.15, -0.1) is 10.2 Å². The second-order valence-corrected chi connectivity index (χ2v) is 9.37. The van der Waals surface area contributed by atoms with E-state index in [1.165, 1.54) is 49.9 Å². The largest absolute Gasteiger partial charge is 0.494 e. The molecule has 4 aromatic rings. The molecule has 0 radical (unpaired) electrons. The first kappa shape index (κ1) is 27.4. The maximum Gasteiger partial charge on any atom is 0.416 e. The number of alkyl halides is 3. The molecule has 0 saturated carbocycles. The number of hydrogen-bond acceptors (Lipinski definition) is 7. The second kappa shape index (κ2) is 10.2. The van der Waals surface area contributed by atoms with Crippen molar-refractivity contribution in [1.29, 1.82) is 0 Å².